The Kier molecular flexibility index (Phi) is 7.44. The van der Waals surface area contributed by atoms with E-state index in [-0.39, 0.29) is 11.6 Å². The largest absolute Gasteiger partial charge is 0.489 e. The zero-order valence-electron chi connectivity index (χ0n) is 15.9. The van der Waals surface area contributed by atoms with Gasteiger partial charge in [0.1, 0.15) is 12.4 Å². The lowest BCUT2D eigenvalue weighted by molar-refractivity contribution is 0.270. The molecule has 0 bridgehead atoms. The van der Waals surface area contributed by atoms with Gasteiger partial charge in [-0.05, 0) is 18.1 Å². The molecule has 0 saturated carbocycles. The average Bonchev–Trinajstić information content (AvgIpc) is 3.03. The molecule has 1 heterocycles. The van der Waals surface area contributed by atoms with E-state index in [9.17, 15) is 4.39 Å². The third kappa shape index (κ3) is 5.75. The second-order valence-corrected chi connectivity index (χ2v) is 6.49. The van der Waals surface area contributed by atoms with E-state index in [1.165, 1.54) is 6.07 Å². The second kappa shape index (κ2) is 9.79. The van der Waals surface area contributed by atoms with Gasteiger partial charge in [-0.15, -0.1) is 0 Å². The number of hydrogen-bond donors (Lipinski definition) is 1. The highest BCUT2D eigenvalue weighted by atomic mass is 19.1. The van der Waals surface area contributed by atoms with Crippen molar-refractivity contribution in [2.24, 2.45) is 10.9 Å². The van der Waals surface area contributed by atoms with Crippen LogP contribution in [0, 0.1) is 11.7 Å². The molecule has 142 valence electrons. The molecule has 0 fully saturated rings. The SMILES string of the molecule is CN=C(NCc1nccn1CC(C)C)N(C)CCOc1ccccc1F. The lowest BCUT2D eigenvalue weighted by Crippen LogP contribution is -2.41. The van der Waals surface area contributed by atoms with Gasteiger partial charge in [-0.25, -0.2) is 9.37 Å². The van der Waals surface area contributed by atoms with E-state index in [4.69, 9.17) is 4.74 Å². The monoisotopic (exact) mass is 361 g/mol. The van der Waals surface area contributed by atoms with Crippen LogP contribution in [0.15, 0.2) is 41.7 Å². The van der Waals surface area contributed by atoms with Crippen LogP contribution in [0.5, 0.6) is 5.75 Å². The maximum absolute atomic E-state index is 13.6. The van der Waals surface area contributed by atoms with E-state index < -0.39 is 0 Å². The summed E-state index contributed by atoms with van der Waals surface area (Å²) in [5.74, 6) is 2.17. The number of guanidine groups is 1. The van der Waals surface area contributed by atoms with Gasteiger partial charge in [0.15, 0.2) is 17.5 Å². The van der Waals surface area contributed by atoms with Gasteiger partial charge in [0.05, 0.1) is 13.1 Å². The molecule has 0 aliphatic heterocycles. The van der Waals surface area contributed by atoms with Crippen LogP contribution in [0.1, 0.15) is 19.7 Å². The second-order valence-electron chi connectivity index (χ2n) is 6.49. The molecule has 0 saturated heterocycles. The van der Waals surface area contributed by atoms with Gasteiger partial charge in [-0.3, -0.25) is 4.99 Å². The number of aliphatic imine (C=N–C) groups is 1. The number of hydrogen-bond acceptors (Lipinski definition) is 3. The first-order valence-corrected chi connectivity index (χ1v) is 8.80. The van der Waals surface area contributed by atoms with Crippen LogP contribution in [-0.4, -0.2) is 47.7 Å². The summed E-state index contributed by atoms with van der Waals surface area (Å²) < 4.78 is 21.2. The lowest BCUT2D eigenvalue weighted by Gasteiger charge is -2.22. The van der Waals surface area contributed by atoms with Crippen molar-refractivity contribution >= 4 is 5.96 Å². The predicted molar refractivity (Wildman–Crippen MR) is 102 cm³/mol. The highest BCUT2D eigenvalue weighted by molar-refractivity contribution is 5.79. The number of nitrogens with one attached hydrogen (secondary N) is 1. The fourth-order valence-corrected chi connectivity index (χ4v) is 2.57. The van der Waals surface area contributed by atoms with Crippen LogP contribution in [0.2, 0.25) is 0 Å². The van der Waals surface area contributed by atoms with Crippen molar-refractivity contribution in [2.45, 2.75) is 26.9 Å². The van der Waals surface area contributed by atoms with Crippen molar-refractivity contribution in [1.29, 1.82) is 0 Å². The molecule has 0 radical (unpaired) electrons. The molecule has 0 aliphatic rings. The Bertz CT molecular complexity index is 713. The highest BCUT2D eigenvalue weighted by Gasteiger charge is 2.10. The van der Waals surface area contributed by atoms with Crippen molar-refractivity contribution in [2.75, 3.05) is 27.2 Å². The Labute approximate surface area is 154 Å². The number of ether oxygens (including phenoxy) is 1. The normalized spacial score (nSPS) is 11.7. The topological polar surface area (TPSA) is 54.7 Å². The Balaban J connectivity index is 1.82. The number of aromatic nitrogens is 2. The molecule has 0 unspecified atom stereocenters. The molecule has 26 heavy (non-hydrogen) atoms. The van der Waals surface area contributed by atoms with Crippen LogP contribution >= 0.6 is 0 Å². The third-order valence-electron chi connectivity index (χ3n) is 3.86. The number of likely N-dealkylation sites (N-methyl/N-ethyl adjacent to an activating group) is 1. The molecule has 7 heteroatoms. The molecular weight excluding hydrogens is 333 g/mol. The van der Waals surface area contributed by atoms with Gasteiger partial charge in [0.2, 0.25) is 0 Å². The van der Waals surface area contributed by atoms with E-state index in [1.54, 1.807) is 25.2 Å². The van der Waals surface area contributed by atoms with Gasteiger partial charge < -0.3 is 19.5 Å². The molecule has 2 aromatic rings. The van der Waals surface area contributed by atoms with E-state index >= 15 is 0 Å². The van der Waals surface area contributed by atoms with Crippen LogP contribution in [0.4, 0.5) is 4.39 Å². The molecule has 1 aromatic heterocycles. The average molecular weight is 361 g/mol. The molecular formula is C19H28FN5O. The standard InChI is InChI=1S/C19H28FN5O/c1-15(2)14-25-10-9-22-18(25)13-23-19(21-3)24(4)11-12-26-17-8-6-5-7-16(17)20/h5-10,15H,11-14H2,1-4H3,(H,21,23). The molecule has 1 aromatic carbocycles. The molecule has 0 spiro atoms. The first kappa shape index (κ1) is 19.8. The van der Waals surface area contributed by atoms with Gasteiger partial charge in [-0.1, -0.05) is 26.0 Å². The Hall–Kier alpha value is -2.57. The van der Waals surface area contributed by atoms with Gasteiger partial charge in [0.25, 0.3) is 0 Å². The minimum Gasteiger partial charge on any atom is -0.489 e. The minimum atomic E-state index is -0.352. The Morgan fingerprint density at radius 1 is 1.38 bits per heavy atom. The summed E-state index contributed by atoms with van der Waals surface area (Å²) in [6.07, 6.45) is 3.81. The number of para-hydroxylation sites is 1. The fourth-order valence-electron chi connectivity index (χ4n) is 2.57. The highest BCUT2D eigenvalue weighted by Crippen LogP contribution is 2.15. The number of nitrogens with zero attached hydrogens (tertiary/aromatic N) is 4. The predicted octanol–water partition coefficient (Wildman–Crippen LogP) is 2.76. The van der Waals surface area contributed by atoms with Crippen molar-refractivity contribution in [3.8, 4) is 5.75 Å². The Morgan fingerprint density at radius 2 is 2.15 bits per heavy atom. The third-order valence-corrected chi connectivity index (χ3v) is 3.86. The number of rotatable bonds is 8. The molecule has 1 N–H and O–H groups in total. The summed E-state index contributed by atoms with van der Waals surface area (Å²) in [5, 5.41) is 3.31. The lowest BCUT2D eigenvalue weighted by atomic mass is 10.2. The molecule has 6 nitrogen and oxygen atoms in total. The first-order chi connectivity index (χ1) is 12.5. The Morgan fingerprint density at radius 3 is 2.85 bits per heavy atom. The number of halogens is 1. The van der Waals surface area contributed by atoms with Crippen LogP contribution in [-0.2, 0) is 13.1 Å². The summed E-state index contributed by atoms with van der Waals surface area (Å²) in [6, 6.07) is 6.40. The van der Waals surface area contributed by atoms with Crippen molar-refractivity contribution < 1.29 is 9.13 Å². The summed E-state index contributed by atoms with van der Waals surface area (Å²) in [6.45, 7) is 6.82. The molecule has 2 rings (SSSR count). The first-order valence-electron chi connectivity index (χ1n) is 8.80. The molecule has 0 atom stereocenters. The molecule has 0 amide bonds. The van der Waals surface area contributed by atoms with E-state index in [0.717, 1.165) is 18.3 Å². The summed E-state index contributed by atoms with van der Waals surface area (Å²) in [4.78, 5) is 10.6. The molecule has 0 aliphatic carbocycles. The summed E-state index contributed by atoms with van der Waals surface area (Å²) >= 11 is 0. The maximum Gasteiger partial charge on any atom is 0.193 e. The zero-order chi connectivity index (χ0) is 18.9. The van der Waals surface area contributed by atoms with Crippen molar-refractivity contribution in [1.82, 2.24) is 19.8 Å². The van der Waals surface area contributed by atoms with Gasteiger partial charge >= 0.3 is 0 Å². The minimum absolute atomic E-state index is 0.263. The fraction of sp³-hybridized carbons (Fsp3) is 0.474. The quantitative estimate of drug-likeness (QED) is 0.580. The van der Waals surface area contributed by atoms with E-state index in [2.05, 4.69) is 33.7 Å². The van der Waals surface area contributed by atoms with Crippen molar-refractivity contribution in [3.05, 3.63) is 48.3 Å². The van der Waals surface area contributed by atoms with Gasteiger partial charge in [-0.2, -0.15) is 0 Å². The number of imidazole rings is 1. The smallest absolute Gasteiger partial charge is 0.193 e. The summed E-state index contributed by atoms with van der Waals surface area (Å²) in [5.41, 5.74) is 0. The van der Waals surface area contributed by atoms with Crippen LogP contribution in [0.25, 0.3) is 0 Å². The number of benzene rings is 1. The van der Waals surface area contributed by atoms with E-state index in [1.807, 2.05) is 24.3 Å². The van der Waals surface area contributed by atoms with Crippen LogP contribution in [0.3, 0.4) is 0 Å². The van der Waals surface area contributed by atoms with E-state index in [0.29, 0.717) is 25.6 Å². The van der Waals surface area contributed by atoms with Gasteiger partial charge in [0, 0.05) is 33.0 Å². The van der Waals surface area contributed by atoms with Crippen LogP contribution < -0.4 is 10.1 Å². The van der Waals surface area contributed by atoms with Crippen molar-refractivity contribution in [3.63, 3.8) is 0 Å². The maximum atomic E-state index is 13.6. The summed E-state index contributed by atoms with van der Waals surface area (Å²) in [7, 11) is 3.65. The zero-order valence-corrected chi connectivity index (χ0v) is 15.9.